The molecule has 1 atom stereocenters. The first-order chi connectivity index (χ1) is 12.6. The van der Waals surface area contributed by atoms with Gasteiger partial charge in [0.05, 0.1) is 12.2 Å². The number of amides is 2. The van der Waals surface area contributed by atoms with Crippen LogP contribution in [0.1, 0.15) is 11.3 Å². The molecule has 3 rings (SSSR count). The first kappa shape index (κ1) is 17.9. The summed E-state index contributed by atoms with van der Waals surface area (Å²) in [6.07, 6.45) is 1.88. The molecule has 0 saturated heterocycles. The molecule has 2 amide bonds. The summed E-state index contributed by atoms with van der Waals surface area (Å²) in [6.45, 7) is 4.61. The molecular formula is C19H20N4O2S. The standard InChI is InChI=1S/C19H20N4O2S/c1-2-10-22(13-15-9-6-11-26-15)19(25)16-12-17(18(20)24)23(21-16)14-7-4-3-5-8-14/h2-9,11,17H,1,10,12-13H2,(H2,20,24)/t17-/m0/s1. The van der Waals surface area contributed by atoms with Gasteiger partial charge in [0, 0.05) is 17.8 Å². The van der Waals surface area contributed by atoms with E-state index in [-0.39, 0.29) is 12.3 Å². The summed E-state index contributed by atoms with van der Waals surface area (Å²) in [5.74, 6) is -0.711. The van der Waals surface area contributed by atoms with Crippen molar-refractivity contribution in [2.45, 2.75) is 19.0 Å². The van der Waals surface area contributed by atoms with Crippen molar-refractivity contribution in [1.82, 2.24) is 4.90 Å². The van der Waals surface area contributed by atoms with Gasteiger partial charge in [-0.05, 0) is 23.6 Å². The number of hydrogen-bond donors (Lipinski definition) is 1. The van der Waals surface area contributed by atoms with E-state index in [4.69, 9.17) is 5.73 Å². The minimum Gasteiger partial charge on any atom is -0.368 e. The molecule has 134 valence electrons. The summed E-state index contributed by atoms with van der Waals surface area (Å²) < 4.78 is 0. The summed E-state index contributed by atoms with van der Waals surface area (Å²) in [6, 6.07) is 12.5. The van der Waals surface area contributed by atoms with Gasteiger partial charge in [0.2, 0.25) is 5.91 Å². The third-order valence-corrected chi connectivity index (χ3v) is 4.93. The summed E-state index contributed by atoms with van der Waals surface area (Å²) in [7, 11) is 0. The highest BCUT2D eigenvalue weighted by Crippen LogP contribution is 2.25. The molecule has 2 aromatic rings. The number of rotatable bonds is 7. The van der Waals surface area contributed by atoms with Crippen molar-refractivity contribution >= 4 is 34.6 Å². The Morgan fingerprint density at radius 3 is 2.69 bits per heavy atom. The molecule has 26 heavy (non-hydrogen) atoms. The molecule has 1 aliphatic rings. The molecule has 6 nitrogen and oxygen atoms in total. The number of carbonyl (C=O) groups excluding carboxylic acids is 2. The van der Waals surface area contributed by atoms with Gasteiger partial charge in [-0.1, -0.05) is 30.3 Å². The van der Waals surface area contributed by atoms with Crippen molar-refractivity contribution in [3.05, 3.63) is 65.4 Å². The second-order valence-electron chi connectivity index (χ2n) is 5.90. The first-order valence-electron chi connectivity index (χ1n) is 8.23. The lowest BCUT2D eigenvalue weighted by atomic mass is 10.1. The Kier molecular flexibility index (Phi) is 5.48. The van der Waals surface area contributed by atoms with Crippen molar-refractivity contribution in [3.8, 4) is 0 Å². The first-order valence-corrected chi connectivity index (χ1v) is 9.11. The van der Waals surface area contributed by atoms with Gasteiger partial charge in [-0.25, -0.2) is 0 Å². The lowest BCUT2D eigenvalue weighted by molar-refractivity contribution is -0.124. The van der Waals surface area contributed by atoms with Crippen LogP contribution in [0.15, 0.2) is 65.6 Å². The normalized spacial score (nSPS) is 16.2. The zero-order valence-corrected chi connectivity index (χ0v) is 15.1. The van der Waals surface area contributed by atoms with E-state index in [2.05, 4.69) is 11.7 Å². The van der Waals surface area contributed by atoms with E-state index in [1.54, 1.807) is 22.3 Å². The Bertz CT molecular complexity index is 817. The highest BCUT2D eigenvalue weighted by Gasteiger charge is 2.36. The fourth-order valence-electron chi connectivity index (χ4n) is 2.83. The van der Waals surface area contributed by atoms with Crippen LogP contribution in [-0.2, 0) is 16.1 Å². The third-order valence-electron chi connectivity index (χ3n) is 4.07. The van der Waals surface area contributed by atoms with Gasteiger partial charge in [-0.2, -0.15) is 5.10 Å². The van der Waals surface area contributed by atoms with Crippen molar-refractivity contribution < 1.29 is 9.59 Å². The van der Waals surface area contributed by atoms with Crippen LogP contribution in [0.25, 0.3) is 0 Å². The number of nitrogens with zero attached hydrogens (tertiary/aromatic N) is 3. The summed E-state index contributed by atoms with van der Waals surface area (Å²) in [5, 5.41) is 7.93. The van der Waals surface area contributed by atoms with Crippen molar-refractivity contribution in [1.29, 1.82) is 0 Å². The molecule has 0 spiro atoms. The van der Waals surface area contributed by atoms with E-state index in [1.165, 1.54) is 5.01 Å². The molecule has 1 aromatic heterocycles. The van der Waals surface area contributed by atoms with E-state index >= 15 is 0 Å². The molecule has 0 fully saturated rings. The van der Waals surface area contributed by atoms with E-state index in [1.807, 2.05) is 47.8 Å². The number of hydrazone groups is 1. The van der Waals surface area contributed by atoms with Gasteiger partial charge in [0.25, 0.3) is 5.91 Å². The Morgan fingerprint density at radius 2 is 2.08 bits per heavy atom. The fraction of sp³-hybridized carbons (Fsp3) is 0.211. The van der Waals surface area contributed by atoms with Crippen LogP contribution in [0.2, 0.25) is 0 Å². The number of thiophene rings is 1. The Balaban J connectivity index is 1.85. The van der Waals surface area contributed by atoms with Gasteiger partial charge >= 0.3 is 0 Å². The van der Waals surface area contributed by atoms with Gasteiger partial charge < -0.3 is 10.6 Å². The van der Waals surface area contributed by atoms with Gasteiger partial charge in [0.15, 0.2) is 0 Å². The predicted molar refractivity (Wildman–Crippen MR) is 104 cm³/mol. The highest BCUT2D eigenvalue weighted by atomic mass is 32.1. The van der Waals surface area contributed by atoms with Crippen LogP contribution in [0.3, 0.4) is 0 Å². The summed E-state index contributed by atoms with van der Waals surface area (Å²) >= 11 is 1.59. The summed E-state index contributed by atoms with van der Waals surface area (Å²) in [4.78, 5) is 27.6. The number of anilines is 1. The van der Waals surface area contributed by atoms with Crippen LogP contribution in [0, 0.1) is 0 Å². The Hall–Kier alpha value is -2.93. The predicted octanol–water partition coefficient (Wildman–Crippen LogP) is 2.38. The fourth-order valence-corrected chi connectivity index (χ4v) is 3.55. The van der Waals surface area contributed by atoms with E-state index in [0.717, 1.165) is 10.6 Å². The lowest BCUT2D eigenvalue weighted by Crippen LogP contribution is -2.40. The zero-order chi connectivity index (χ0) is 18.5. The number of nitrogens with two attached hydrogens (primary N) is 1. The van der Waals surface area contributed by atoms with Gasteiger partial charge in [-0.15, -0.1) is 17.9 Å². The molecule has 2 heterocycles. The second kappa shape index (κ2) is 7.97. The van der Waals surface area contributed by atoms with Crippen molar-refractivity contribution in [3.63, 3.8) is 0 Å². The lowest BCUT2D eigenvalue weighted by Gasteiger charge is -2.20. The zero-order valence-electron chi connectivity index (χ0n) is 14.2. The number of primary amides is 1. The molecule has 0 radical (unpaired) electrons. The molecule has 1 aliphatic heterocycles. The maximum absolute atomic E-state index is 13.0. The molecular weight excluding hydrogens is 348 g/mol. The minimum atomic E-state index is -0.663. The average molecular weight is 368 g/mol. The van der Waals surface area contributed by atoms with E-state index in [9.17, 15) is 9.59 Å². The maximum atomic E-state index is 13.0. The van der Waals surface area contributed by atoms with Crippen molar-refractivity contribution in [2.24, 2.45) is 10.8 Å². The highest BCUT2D eigenvalue weighted by molar-refractivity contribution is 7.09. The molecule has 7 heteroatoms. The number of para-hydroxylation sites is 1. The van der Waals surface area contributed by atoms with Gasteiger partial charge in [-0.3, -0.25) is 14.6 Å². The summed E-state index contributed by atoms with van der Waals surface area (Å²) in [5.41, 5.74) is 6.60. The topological polar surface area (TPSA) is 79.0 Å². The Morgan fingerprint density at radius 1 is 1.31 bits per heavy atom. The molecule has 0 aliphatic carbocycles. The minimum absolute atomic E-state index is 0.196. The van der Waals surface area contributed by atoms with Crippen LogP contribution in [0.5, 0.6) is 0 Å². The SMILES string of the molecule is C=CCN(Cc1cccs1)C(=O)C1=NN(c2ccccc2)[C@H](C(N)=O)C1. The maximum Gasteiger partial charge on any atom is 0.270 e. The molecule has 1 aromatic carbocycles. The number of benzene rings is 1. The molecule has 0 bridgehead atoms. The van der Waals surface area contributed by atoms with Crippen LogP contribution >= 0.6 is 11.3 Å². The number of hydrogen-bond acceptors (Lipinski definition) is 5. The quantitative estimate of drug-likeness (QED) is 0.762. The smallest absolute Gasteiger partial charge is 0.270 e. The molecule has 0 unspecified atom stereocenters. The third kappa shape index (κ3) is 3.83. The molecule has 0 saturated carbocycles. The van der Waals surface area contributed by atoms with Crippen LogP contribution < -0.4 is 10.7 Å². The number of carbonyl (C=O) groups is 2. The Labute approximate surface area is 156 Å². The van der Waals surface area contributed by atoms with Gasteiger partial charge in [0.1, 0.15) is 11.8 Å². The van der Waals surface area contributed by atoms with Crippen LogP contribution in [-0.4, -0.2) is 35.0 Å². The largest absolute Gasteiger partial charge is 0.368 e. The average Bonchev–Trinajstić information content (AvgIpc) is 3.31. The monoisotopic (exact) mass is 368 g/mol. The van der Waals surface area contributed by atoms with Crippen LogP contribution in [0.4, 0.5) is 5.69 Å². The van der Waals surface area contributed by atoms with Crippen molar-refractivity contribution in [2.75, 3.05) is 11.6 Å². The van der Waals surface area contributed by atoms with E-state index in [0.29, 0.717) is 18.8 Å². The second-order valence-corrected chi connectivity index (χ2v) is 6.94. The molecule has 2 N–H and O–H groups in total. The van der Waals surface area contributed by atoms with E-state index < -0.39 is 11.9 Å².